The third-order valence-electron chi connectivity index (χ3n) is 4.28. The highest BCUT2D eigenvalue weighted by Crippen LogP contribution is 2.23. The predicted molar refractivity (Wildman–Crippen MR) is 123 cm³/mol. The van der Waals surface area contributed by atoms with E-state index in [2.05, 4.69) is 31.4 Å². The monoisotopic (exact) mass is 526 g/mol. The number of thioether (sulfide) groups is 1. The van der Waals surface area contributed by atoms with E-state index in [4.69, 9.17) is 23.2 Å². The van der Waals surface area contributed by atoms with Crippen LogP contribution in [0.15, 0.2) is 52.1 Å². The summed E-state index contributed by atoms with van der Waals surface area (Å²) in [6.45, 7) is 1.80. The van der Waals surface area contributed by atoms with Crippen molar-refractivity contribution in [2.24, 2.45) is 7.05 Å². The second-order valence-electron chi connectivity index (χ2n) is 6.44. The van der Waals surface area contributed by atoms with Gasteiger partial charge in [-0.3, -0.25) is 9.59 Å². The van der Waals surface area contributed by atoms with Crippen LogP contribution in [0.4, 0.5) is 0 Å². The summed E-state index contributed by atoms with van der Waals surface area (Å²) in [6, 6.07) is 11.5. The van der Waals surface area contributed by atoms with E-state index in [1.165, 1.54) is 17.8 Å². The normalized spacial score (nSPS) is 11.9. The molecule has 2 aromatic carbocycles. The van der Waals surface area contributed by atoms with Crippen LogP contribution < -0.4 is 5.32 Å². The summed E-state index contributed by atoms with van der Waals surface area (Å²) in [5.41, 5.74) is 0.957. The van der Waals surface area contributed by atoms with Crippen molar-refractivity contribution in [3.63, 3.8) is 0 Å². The molecule has 1 atom stereocenters. The van der Waals surface area contributed by atoms with E-state index < -0.39 is 6.04 Å². The number of carbonyl (C=O) groups is 2. The number of hydrogen-bond acceptors (Lipinski definition) is 5. The number of hydrogen-bond donors (Lipinski definition) is 1. The molecule has 0 aliphatic carbocycles. The van der Waals surface area contributed by atoms with E-state index >= 15 is 0 Å². The van der Waals surface area contributed by atoms with Gasteiger partial charge in [-0.05, 0) is 37.3 Å². The van der Waals surface area contributed by atoms with Gasteiger partial charge in [-0.1, -0.05) is 63.0 Å². The number of aromatic nitrogens is 3. The number of Topliss-reactive ketones (excluding diaryl/α,β-unsaturated/α-hetero) is 1. The Hall–Kier alpha value is -1.87. The molecule has 10 heteroatoms. The van der Waals surface area contributed by atoms with Crippen LogP contribution in [-0.2, 0) is 7.05 Å². The van der Waals surface area contributed by atoms with Gasteiger partial charge in [-0.2, -0.15) is 0 Å². The molecule has 0 spiro atoms. The maximum absolute atomic E-state index is 12.5. The molecule has 1 N–H and O–H groups in total. The molecule has 156 valence electrons. The number of nitrogens with one attached hydrogen (secondary N) is 1. The standard InChI is InChI=1S/C20H17BrCl2N4O2S/c1-11(24-19(29)15-8-7-14(22)9-16(15)23)18-25-26-20(27(18)2)30-10-17(28)12-3-5-13(21)6-4-12/h3-9,11H,10H2,1-2H3,(H,24,29)/t11-/m0/s1. The van der Waals surface area contributed by atoms with E-state index in [-0.39, 0.29) is 22.5 Å². The lowest BCUT2D eigenvalue weighted by atomic mass is 10.2. The first-order valence-corrected chi connectivity index (χ1v) is 11.4. The van der Waals surface area contributed by atoms with Gasteiger partial charge >= 0.3 is 0 Å². The van der Waals surface area contributed by atoms with E-state index in [0.717, 1.165) is 4.47 Å². The molecule has 1 aromatic heterocycles. The molecule has 6 nitrogen and oxygen atoms in total. The van der Waals surface area contributed by atoms with Gasteiger partial charge in [-0.25, -0.2) is 0 Å². The molecule has 3 rings (SSSR count). The van der Waals surface area contributed by atoms with Crippen molar-refractivity contribution in [1.29, 1.82) is 0 Å². The Morgan fingerprint density at radius 2 is 1.87 bits per heavy atom. The number of amides is 1. The minimum atomic E-state index is -0.418. The van der Waals surface area contributed by atoms with Crippen molar-refractivity contribution in [2.45, 2.75) is 18.1 Å². The Morgan fingerprint density at radius 1 is 1.17 bits per heavy atom. The van der Waals surface area contributed by atoms with E-state index in [1.807, 2.05) is 12.1 Å². The number of carbonyl (C=O) groups excluding carboxylic acids is 2. The SMILES string of the molecule is C[C@H](NC(=O)c1ccc(Cl)cc1Cl)c1nnc(SCC(=O)c2ccc(Br)cc2)n1C. The summed E-state index contributed by atoms with van der Waals surface area (Å²) in [5.74, 6) is 0.448. The molecule has 0 aliphatic heterocycles. The smallest absolute Gasteiger partial charge is 0.253 e. The maximum atomic E-state index is 12.5. The summed E-state index contributed by atoms with van der Waals surface area (Å²) < 4.78 is 2.68. The molecular formula is C20H17BrCl2N4O2S. The number of nitrogens with zero attached hydrogens (tertiary/aromatic N) is 3. The van der Waals surface area contributed by atoms with Crippen molar-refractivity contribution in [1.82, 2.24) is 20.1 Å². The highest BCUT2D eigenvalue weighted by atomic mass is 79.9. The van der Waals surface area contributed by atoms with Crippen molar-refractivity contribution in [3.05, 3.63) is 73.9 Å². The highest BCUT2D eigenvalue weighted by molar-refractivity contribution is 9.10. The fourth-order valence-corrected chi connectivity index (χ4v) is 4.26. The summed E-state index contributed by atoms with van der Waals surface area (Å²) >= 11 is 16.6. The Balaban J connectivity index is 1.64. The first-order valence-electron chi connectivity index (χ1n) is 8.83. The number of benzene rings is 2. The van der Waals surface area contributed by atoms with Gasteiger partial charge in [0, 0.05) is 22.1 Å². The summed E-state index contributed by atoms with van der Waals surface area (Å²) in [4.78, 5) is 24.9. The van der Waals surface area contributed by atoms with Crippen LogP contribution in [0.1, 0.15) is 39.5 Å². The lowest BCUT2D eigenvalue weighted by Gasteiger charge is -2.14. The van der Waals surface area contributed by atoms with Crippen molar-refractivity contribution < 1.29 is 9.59 Å². The van der Waals surface area contributed by atoms with Crippen LogP contribution in [0.2, 0.25) is 10.0 Å². The molecule has 0 saturated carbocycles. The lowest BCUT2D eigenvalue weighted by Crippen LogP contribution is -2.28. The van der Waals surface area contributed by atoms with Crippen LogP contribution in [0.25, 0.3) is 0 Å². The molecule has 0 bridgehead atoms. The molecule has 0 aliphatic rings. The third kappa shape index (κ3) is 5.43. The molecule has 0 radical (unpaired) electrons. The largest absolute Gasteiger partial charge is 0.342 e. The fraction of sp³-hybridized carbons (Fsp3) is 0.200. The Morgan fingerprint density at radius 3 is 2.53 bits per heavy atom. The maximum Gasteiger partial charge on any atom is 0.253 e. The zero-order valence-corrected chi connectivity index (χ0v) is 19.9. The topological polar surface area (TPSA) is 76.9 Å². The third-order valence-corrected chi connectivity index (χ3v) is 6.37. The molecule has 1 amide bonds. The quantitative estimate of drug-likeness (QED) is 0.331. The van der Waals surface area contributed by atoms with Crippen LogP contribution in [0.5, 0.6) is 0 Å². The average Bonchev–Trinajstić information content (AvgIpc) is 3.07. The predicted octanol–water partition coefficient (Wildman–Crippen LogP) is 5.35. The molecule has 3 aromatic rings. The van der Waals surface area contributed by atoms with E-state index in [0.29, 0.717) is 27.1 Å². The molecule has 0 fully saturated rings. The molecule has 0 saturated heterocycles. The second-order valence-corrected chi connectivity index (χ2v) is 9.14. The van der Waals surface area contributed by atoms with Crippen LogP contribution in [-0.4, -0.2) is 32.2 Å². The fourth-order valence-electron chi connectivity index (χ4n) is 2.69. The Labute approximate surface area is 196 Å². The van der Waals surface area contributed by atoms with E-state index in [9.17, 15) is 9.59 Å². The van der Waals surface area contributed by atoms with Gasteiger partial charge in [0.05, 0.1) is 22.4 Å². The van der Waals surface area contributed by atoms with Gasteiger partial charge in [0.1, 0.15) is 0 Å². The van der Waals surface area contributed by atoms with Crippen LogP contribution >= 0.6 is 50.9 Å². The molecular weight excluding hydrogens is 511 g/mol. The minimum Gasteiger partial charge on any atom is -0.342 e. The van der Waals surface area contributed by atoms with Crippen LogP contribution in [0, 0.1) is 0 Å². The van der Waals surface area contributed by atoms with Crippen molar-refractivity contribution in [3.8, 4) is 0 Å². The number of ketones is 1. The molecule has 30 heavy (non-hydrogen) atoms. The number of rotatable bonds is 7. The molecule has 0 unspecified atom stereocenters. The molecule has 1 heterocycles. The van der Waals surface area contributed by atoms with Crippen molar-refractivity contribution in [2.75, 3.05) is 5.75 Å². The first-order chi connectivity index (χ1) is 14.3. The van der Waals surface area contributed by atoms with Gasteiger partial charge in [0.2, 0.25) is 0 Å². The Bertz CT molecular complexity index is 1090. The Kier molecular flexibility index (Phi) is 7.57. The zero-order chi connectivity index (χ0) is 21.8. The summed E-state index contributed by atoms with van der Waals surface area (Å²) in [6.07, 6.45) is 0. The highest BCUT2D eigenvalue weighted by Gasteiger charge is 2.20. The van der Waals surface area contributed by atoms with E-state index in [1.54, 1.807) is 42.8 Å². The van der Waals surface area contributed by atoms with Gasteiger partial charge in [-0.15, -0.1) is 10.2 Å². The zero-order valence-electron chi connectivity index (χ0n) is 16.0. The van der Waals surface area contributed by atoms with Gasteiger partial charge < -0.3 is 9.88 Å². The van der Waals surface area contributed by atoms with Gasteiger partial charge in [0.25, 0.3) is 5.91 Å². The summed E-state index contributed by atoms with van der Waals surface area (Å²) in [7, 11) is 1.79. The number of halogens is 3. The summed E-state index contributed by atoms with van der Waals surface area (Å²) in [5, 5.41) is 12.5. The van der Waals surface area contributed by atoms with Crippen LogP contribution in [0.3, 0.4) is 0 Å². The minimum absolute atomic E-state index is 0.00391. The average molecular weight is 528 g/mol. The first kappa shape index (κ1) is 22.8. The van der Waals surface area contributed by atoms with Crippen molar-refractivity contribution >= 4 is 62.6 Å². The lowest BCUT2D eigenvalue weighted by molar-refractivity contribution is 0.0937. The van der Waals surface area contributed by atoms with Gasteiger partial charge in [0.15, 0.2) is 16.8 Å². The second kappa shape index (κ2) is 9.96.